The quantitative estimate of drug-likeness (QED) is 0.862. The van der Waals surface area contributed by atoms with Crippen molar-refractivity contribution in [1.82, 2.24) is 15.2 Å². The number of nitriles is 1. The van der Waals surface area contributed by atoms with E-state index in [0.29, 0.717) is 17.7 Å². The van der Waals surface area contributed by atoms with Gasteiger partial charge in [0.15, 0.2) is 0 Å². The SMILES string of the molecule is CC(C)CN(Cc1ccnc(C#N)c1)CC1CCCN1. The van der Waals surface area contributed by atoms with Gasteiger partial charge in [-0.15, -0.1) is 0 Å². The van der Waals surface area contributed by atoms with Gasteiger partial charge in [0.2, 0.25) is 0 Å². The van der Waals surface area contributed by atoms with Crippen LogP contribution in [0.15, 0.2) is 18.3 Å². The summed E-state index contributed by atoms with van der Waals surface area (Å²) in [4.78, 5) is 6.53. The van der Waals surface area contributed by atoms with E-state index in [1.165, 1.54) is 18.4 Å². The van der Waals surface area contributed by atoms with Gasteiger partial charge in [0.25, 0.3) is 0 Å². The summed E-state index contributed by atoms with van der Waals surface area (Å²) in [5.74, 6) is 0.647. The molecule has 2 heterocycles. The summed E-state index contributed by atoms with van der Waals surface area (Å²) in [5.41, 5.74) is 1.68. The first-order valence-corrected chi connectivity index (χ1v) is 7.48. The highest BCUT2D eigenvalue weighted by Gasteiger charge is 2.18. The lowest BCUT2D eigenvalue weighted by Crippen LogP contribution is -2.39. The van der Waals surface area contributed by atoms with Crippen LogP contribution in [0.3, 0.4) is 0 Å². The second kappa shape index (κ2) is 7.37. The molecule has 1 aliphatic heterocycles. The third-order valence-electron chi connectivity index (χ3n) is 3.61. The first-order valence-electron chi connectivity index (χ1n) is 7.48. The lowest BCUT2D eigenvalue weighted by atomic mass is 10.1. The predicted octanol–water partition coefficient (Wildman–Crippen LogP) is 2.16. The molecule has 0 spiro atoms. The Hall–Kier alpha value is -1.44. The van der Waals surface area contributed by atoms with Gasteiger partial charge < -0.3 is 5.32 Å². The first-order chi connectivity index (χ1) is 9.67. The molecule has 2 rings (SSSR count). The Bertz CT molecular complexity index is 458. The van der Waals surface area contributed by atoms with Crippen molar-refractivity contribution in [1.29, 1.82) is 5.26 Å². The van der Waals surface area contributed by atoms with E-state index < -0.39 is 0 Å². The normalized spacial score (nSPS) is 18.6. The second-order valence-electron chi connectivity index (χ2n) is 6.04. The third-order valence-corrected chi connectivity index (χ3v) is 3.61. The van der Waals surface area contributed by atoms with Gasteiger partial charge in [0, 0.05) is 31.9 Å². The van der Waals surface area contributed by atoms with Gasteiger partial charge in [-0.25, -0.2) is 4.98 Å². The molecule has 1 atom stereocenters. The van der Waals surface area contributed by atoms with Crippen LogP contribution in [-0.4, -0.2) is 35.6 Å². The van der Waals surface area contributed by atoms with Crippen molar-refractivity contribution in [2.75, 3.05) is 19.6 Å². The zero-order chi connectivity index (χ0) is 14.4. The number of hydrogen-bond acceptors (Lipinski definition) is 4. The van der Waals surface area contributed by atoms with Crippen LogP contribution in [0.25, 0.3) is 0 Å². The highest BCUT2D eigenvalue weighted by molar-refractivity contribution is 5.25. The molecule has 0 aromatic carbocycles. The van der Waals surface area contributed by atoms with E-state index in [4.69, 9.17) is 5.26 Å². The Labute approximate surface area is 121 Å². The van der Waals surface area contributed by atoms with E-state index >= 15 is 0 Å². The Kier molecular flexibility index (Phi) is 5.51. The van der Waals surface area contributed by atoms with Gasteiger partial charge >= 0.3 is 0 Å². The number of nitrogens with one attached hydrogen (secondary N) is 1. The molecule has 0 saturated carbocycles. The lowest BCUT2D eigenvalue weighted by Gasteiger charge is -2.27. The molecule has 1 aliphatic rings. The van der Waals surface area contributed by atoms with Gasteiger partial charge in [-0.2, -0.15) is 5.26 Å². The Morgan fingerprint density at radius 2 is 2.40 bits per heavy atom. The minimum Gasteiger partial charge on any atom is -0.313 e. The lowest BCUT2D eigenvalue weighted by molar-refractivity contribution is 0.216. The van der Waals surface area contributed by atoms with Gasteiger partial charge in [0.1, 0.15) is 11.8 Å². The average molecular weight is 272 g/mol. The number of nitrogens with zero attached hydrogens (tertiary/aromatic N) is 3. The molecule has 1 aromatic heterocycles. The summed E-state index contributed by atoms with van der Waals surface area (Å²) in [7, 11) is 0. The Morgan fingerprint density at radius 3 is 3.05 bits per heavy atom. The zero-order valence-corrected chi connectivity index (χ0v) is 12.5. The fourth-order valence-electron chi connectivity index (χ4n) is 2.84. The van der Waals surface area contributed by atoms with E-state index in [1.807, 2.05) is 12.1 Å². The molecular weight excluding hydrogens is 248 g/mol. The summed E-state index contributed by atoms with van der Waals surface area (Å²) in [6.45, 7) is 8.72. The van der Waals surface area contributed by atoms with Crippen LogP contribution in [0.5, 0.6) is 0 Å². The van der Waals surface area contributed by atoms with E-state index in [0.717, 1.165) is 26.2 Å². The molecule has 4 heteroatoms. The summed E-state index contributed by atoms with van der Waals surface area (Å²) >= 11 is 0. The highest BCUT2D eigenvalue weighted by atomic mass is 15.2. The monoisotopic (exact) mass is 272 g/mol. The van der Waals surface area contributed by atoms with Crippen LogP contribution in [0.4, 0.5) is 0 Å². The van der Waals surface area contributed by atoms with E-state index in [2.05, 4.69) is 35.1 Å². The molecule has 1 aromatic rings. The molecule has 1 N–H and O–H groups in total. The molecule has 0 aliphatic carbocycles. The standard InChI is InChI=1S/C16H24N4/c1-13(2)10-20(12-15-4-3-6-18-15)11-14-5-7-19-16(8-14)9-17/h5,7-8,13,15,18H,3-4,6,10-12H2,1-2H3. The van der Waals surface area contributed by atoms with E-state index in [9.17, 15) is 0 Å². The summed E-state index contributed by atoms with van der Waals surface area (Å²) in [6, 6.07) is 6.64. The summed E-state index contributed by atoms with van der Waals surface area (Å²) in [6.07, 6.45) is 4.29. The van der Waals surface area contributed by atoms with Crippen LogP contribution in [-0.2, 0) is 6.54 Å². The van der Waals surface area contributed by atoms with Gasteiger partial charge in [-0.3, -0.25) is 4.90 Å². The molecular formula is C16H24N4. The molecule has 0 amide bonds. The molecule has 1 unspecified atom stereocenters. The van der Waals surface area contributed by atoms with Crippen molar-refractivity contribution in [3.05, 3.63) is 29.6 Å². The maximum Gasteiger partial charge on any atom is 0.140 e. The fraction of sp³-hybridized carbons (Fsp3) is 0.625. The number of rotatable bonds is 6. The van der Waals surface area contributed by atoms with Gasteiger partial charge in [-0.05, 0) is 43.0 Å². The molecule has 1 saturated heterocycles. The summed E-state index contributed by atoms with van der Waals surface area (Å²) < 4.78 is 0. The van der Waals surface area contributed by atoms with Crippen molar-refractivity contribution in [2.24, 2.45) is 5.92 Å². The molecule has 1 fully saturated rings. The second-order valence-corrected chi connectivity index (χ2v) is 6.04. The Morgan fingerprint density at radius 1 is 1.55 bits per heavy atom. The van der Waals surface area contributed by atoms with Crippen LogP contribution >= 0.6 is 0 Å². The van der Waals surface area contributed by atoms with E-state index in [1.54, 1.807) is 6.20 Å². The predicted molar refractivity (Wildman–Crippen MR) is 80.1 cm³/mol. The smallest absolute Gasteiger partial charge is 0.140 e. The van der Waals surface area contributed by atoms with Crippen molar-refractivity contribution in [2.45, 2.75) is 39.3 Å². The average Bonchev–Trinajstić information content (AvgIpc) is 2.91. The topological polar surface area (TPSA) is 52.0 Å². The van der Waals surface area contributed by atoms with E-state index in [-0.39, 0.29) is 0 Å². The Balaban J connectivity index is 2.00. The van der Waals surface area contributed by atoms with Crippen molar-refractivity contribution < 1.29 is 0 Å². The number of aromatic nitrogens is 1. The first kappa shape index (κ1) is 15.0. The number of hydrogen-bond donors (Lipinski definition) is 1. The summed E-state index contributed by atoms with van der Waals surface area (Å²) in [5, 5.41) is 12.5. The molecule has 20 heavy (non-hydrogen) atoms. The molecule has 0 radical (unpaired) electrons. The van der Waals surface area contributed by atoms with Crippen molar-refractivity contribution in [3.8, 4) is 6.07 Å². The van der Waals surface area contributed by atoms with Gasteiger partial charge in [-0.1, -0.05) is 13.8 Å². The molecule has 108 valence electrons. The van der Waals surface area contributed by atoms with Crippen LogP contribution in [0.1, 0.15) is 37.9 Å². The third kappa shape index (κ3) is 4.59. The van der Waals surface area contributed by atoms with Crippen molar-refractivity contribution >= 4 is 0 Å². The van der Waals surface area contributed by atoms with Crippen LogP contribution < -0.4 is 5.32 Å². The van der Waals surface area contributed by atoms with Crippen LogP contribution in [0.2, 0.25) is 0 Å². The maximum atomic E-state index is 8.94. The molecule has 4 nitrogen and oxygen atoms in total. The fourth-order valence-corrected chi connectivity index (χ4v) is 2.84. The minimum atomic E-state index is 0.506. The number of pyridine rings is 1. The van der Waals surface area contributed by atoms with Crippen molar-refractivity contribution in [3.63, 3.8) is 0 Å². The van der Waals surface area contributed by atoms with Crippen LogP contribution in [0, 0.1) is 17.2 Å². The largest absolute Gasteiger partial charge is 0.313 e. The zero-order valence-electron chi connectivity index (χ0n) is 12.5. The highest BCUT2D eigenvalue weighted by Crippen LogP contribution is 2.12. The molecule has 0 bridgehead atoms. The minimum absolute atomic E-state index is 0.506. The van der Waals surface area contributed by atoms with Gasteiger partial charge in [0.05, 0.1) is 0 Å². The maximum absolute atomic E-state index is 8.94.